The second-order valence-corrected chi connectivity index (χ2v) is 7.66. The number of nitrogens with zero attached hydrogens (tertiary/aromatic N) is 3. The summed E-state index contributed by atoms with van der Waals surface area (Å²) in [6.07, 6.45) is 5.29. The van der Waals surface area contributed by atoms with Gasteiger partial charge in [-0.2, -0.15) is 0 Å². The van der Waals surface area contributed by atoms with E-state index in [2.05, 4.69) is 39.3 Å². The third-order valence-electron chi connectivity index (χ3n) is 5.83. The molecule has 1 aromatic carbocycles. The van der Waals surface area contributed by atoms with Crippen LogP contribution in [-0.2, 0) is 13.0 Å². The molecular formula is C22H28N4O. The first kappa shape index (κ1) is 18.1. The van der Waals surface area contributed by atoms with E-state index in [9.17, 15) is 4.79 Å². The minimum Gasteiger partial charge on any atom is -0.346 e. The minimum atomic E-state index is -0.0221. The summed E-state index contributed by atoms with van der Waals surface area (Å²) in [5.41, 5.74) is 4.40. The number of nitrogens with one attached hydrogen (secondary N) is 1. The Balaban J connectivity index is 1.49. The first-order valence-corrected chi connectivity index (χ1v) is 9.94. The Bertz CT molecular complexity index is 784. The third kappa shape index (κ3) is 4.20. The van der Waals surface area contributed by atoms with Crippen LogP contribution < -0.4 is 5.32 Å². The zero-order valence-electron chi connectivity index (χ0n) is 16.0. The quantitative estimate of drug-likeness (QED) is 0.906. The van der Waals surface area contributed by atoms with Crippen molar-refractivity contribution in [1.82, 2.24) is 20.1 Å². The molecule has 0 saturated carbocycles. The van der Waals surface area contributed by atoms with E-state index in [1.807, 2.05) is 24.3 Å². The van der Waals surface area contributed by atoms with Gasteiger partial charge in [-0.25, -0.2) is 0 Å². The van der Waals surface area contributed by atoms with Gasteiger partial charge in [0.2, 0.25) is 0 Å². The topological polar surface area (TPSA) is 48.5 Å². The van der Waals surface area contributed by atoms with Crippen LogP contribution in [0.5, 0.6) is 0 Å². The summed E-state index contributed by atoms with van der Waals surface area (Å²) in [4.78, 5) is 21.9. The van der Waals surface area contributed by atoms with Crippen molar-refractivity contribution in [2.75, 3.05) is 33.2 Å². The molecule has 1 aliphatic heterocycles. The van der Waals surface area contributed by atoms with Gasteiger partial charge in [-0.1, -0.05) is 12.1 Å². The normalized spacial score (nSPS) is 20.9. The first-order chi connectivity index (χ1) is 13.2. The standard InChI is InChI=1S/C22H28N4O/c1-25-11-13-26(14-12-25)21-7-4-5-17-8-9-18(15-20(17)21)22(27)24-16-19-6-2-3-10-23-19/h2-3,6,8-10,15,21H,4-5,7,11-14,16H2,1H3,(H,24,27). The Morgan fingerprint density at radius 1 is 1.19 bits per heavy atom. The predicted molar refractivity (Wildman–Crippen MR) is 107 cm³/mol. The van der Waals surface area contributed by atoms with E-state index in [0.29, 0.717) is 12.6 Å². The molecule has 2 heterocycles. The van der Waals surface area contributed by atoms with Gasteiger partial charge in [0.05, 0.1) is 12.2 Å². The van der Waals surface area contributed by atoms with Crippen LogP contribution >= 0.6 is 0 Å². The number of benzene rings is 1. The monoisotopic (exact) mass is 364 g/mol. The van der Waals surface area contributed by atoms with E-state index >= 15 is 0 Å². The van der Waals surface area contributed by atoms with Crippen molar-refractivity contribution >= 4 is 5.91 Å². The molecule has 1 fully saturated rings. The molecule has 2 aromatic rings. The van der Waals surface area contributed by atoms with E-state index < -0.39 is 0 Å². The summed E-state index contributed by atoms with van der Waals surface area (Å²) in [6, 6.07) is 12.5. The van der Waals surface area contributed by atoms with Gasteiger partial charge in [0.1, 0.15) is 0 Å². The molecule has 1 unspecified atom stereocenters. The molecular weight excluding hydrogens is 336 g/mol. The molecule has 1 aromatic heterocycles. The third-order valence-corrected chi connectivity index (χ3v) is 5.83. The minimum absolute atomic E-state index is 0.0221. The number of aromatic nitrogens is 1. The number of hydrogen-bond acceptors (Lipinski definition) is 4. The number of likely N-dealkylation sites (N-methyl/N-ethyl adjacent to an activating group) is 1. The highest BCUT2D eigenvalue weighted by Crippen LogP contribution is 2.35. The number of carbonyl (C=O) groups is 1. The molecule has 1 N–H and O–H groups in total. The molecule has 0 radical (unpaired) electrons. The molecule has 0 bridgehead atoms. The lowest BCUT2D eigenvalue weighted by Gasteiger charge is -2.40. The van der Waals surface area contributed by atoms with E-state index in [4.69, 9.17) is 0 Å². The highest BCUT2D eigenvalue weighted by atomic mass is 16.1. The largest absolute Gasteiger partial charge is 0.346 e. The van der Waals surface area contributed by atoms with E-state index in [0.717, 1.165) is 43.9 Å². The lowest BCUT2D eigenvalue weighted by Crippen LogP contribution is -2.46. The fourth-order valence-corrected chi connectivity index (χ4v) is 4.20. The number of carbonyl (C=O) groups excluding carboxylic acids is 1. The van der Waals surface area contributed by atoms with Gasteiger partial charge in [-0.3, -0.25) is 14.7 Å². The van der Waals surface area contributed by atoms with Gasteiger partial charge in [-0.05, 0) is 61.7 Å². The molecule has 0 spiro atoms. The summed E-state index contributed by atoms with van der Waals surface area (Å²) >= 11 is 0. The average molecular weight is 364 g/mol. The maximum Gasteiger partial charge on any atom is 0.251 e. The Labute approximate surface area is 161 Å². The van der Waals surface area contributed by atoms with Crippen molar-refractivity contribution in [3.05, 3.63) is 65.0 Å². The van der Waals surface area contributed by atoms with Crippen molar-refractivity contribution < 1.29 is 4.79 Å². The van der Waals surface area contributed by atoms with Crippen LogP contribution in [-0.4, -0.2) is 53.9 Å². The summed E-state index contributed by atoms with van der Waals surface area (Å²) in [5, 5.41) is 3.00. The van der Waals surface area contributed by atoms with E-state index in [1.165, 1.54) is 24.0 Å². The van der Waals surface area contributed by atoms with Crippen molar-refractivity contribution in [2.45, 2.75) is 31.8 Å². The van der Waals surface area contributed by atoms with Crippen molar-refractivity contribution in [3.63, 3.8) is 0 Å². The maximum absolute atomic E-state index is 12.7. The Morgan fingerprint density at radius 2 is 2.04 bits per heavy atom. The molecule has 142 valence electrons. The Kier molecular flexibility index (Phi) is 5.50. The number of piperazine rings is 1. The lowest BCUT2D eigenvalue weighted by molar-refractivity contribution is 0.0947. The number of hydrogen-bond donors (Lipinski definition) is 1. The van der Waals surface area contributed by atoms with Crippen molar-refractivity contribution in [1.29, 1.82) is 0 Å². The van der Waals surface area contributed by atoms with Crippen LogP contribution in [0.2, 0.25) is 0 Å². The predicted octanol–water partition coefficient (Wildman–Crippen LogP) is 2.64. The second-order valence-electron chi connectivity index (χ2n) is 7.66. The van der Waals surface area contributed by atoms with Gasteiger partial charge in [0.25, 0.3) is 5.91 Å². The van der Waals surface area contributed by atoms with Gasteiger partial charge in [-0.15, -0.1) is 0 Å². The number of aryl methyl sites for hydroxylation is 1. The zero-order valence-corrected chi connectivity index (χ0v) is 16.0. The van der Waals surface area contributed by atoms with Crippen molar-refractivity contribution in [3.8, 4) is 0 Å². The molecule has 27 heavy (non-hydrogen) atoms. The highest BCUT2D eigenvalue weighted by molar-refractivity contribution is 5.94. The lowest BCUT2D eigenvalue weighted by atomic mass is 9.85. The number of amides is 1. The number of pyridine rings is 1. The zero-order chi connectivity index (χ0) is 18.6. The van der Waals surface area contributed by atoms with Crippen molar-refractivity contribution in [2.24, 2.45) is 0 Å². The van der Waals surface area contributed by atoms with Gasteiger partial charge in [0, 0.05) is 44.0 Å². The smallest absolute Gasteiger partial charge is 0.251 e. The second kappa shape index (κ2) is 8.19. The number of rotatable bonds is 4. The maximum atomic E-state index is 12.7. The highest BCUT2D eigenvalue weighted by Gasteiger charge is 2.28. The number of fused-ring (bicyclic) bond motifs is 1. The van der Waals surface area contributed by atoms with Crippen LogP contribution in [0.3, 0.4) is 0 Å². The molecule has 1 saturated heterocycles. The SMILES string of the molecule is CN1CCN(C2CCCc3ccc(C(=O)NCc4ccccn4)cc32)CC1. The molecule has 5 heteroatoms. The molecule has 2 aliphatic rings. The first-order valence-electron chi connectivity index (χ1n) is 9.94. The summed E-state index contributed by atoms with van der Waals surface area (Å²) in [6.45, 7) is 4.91. The summed E-state index contributed by atoms with van der Waals surface area (Å²) in [5.74, 6) is -0.0221. The fraction of sp³-hybridized carbons (Fsp3) is 0.455. The van der Waals surface area contributed by atoms with E-state index in [1.54, 1.807) is 6.20 Å². The Morgan fingerprint density at radius 3 is 2.81 bits per heavy atom. The summed E-state index contributed by atoms with van der Waals surface area (Å²) < 4.78 is 0. The van der Waals surface area contributed by atoms with Gasteiger partial charge < -0.3 is 10.2 Å². The van der Waals surface area contributed by atoms with Crippen LogP contribution in [0.15, 0.2) is 42.6 Å². The molecule has 5 nitrogen and oxygen atoms in total. The van der Waals surface area contributed by atoms with Gasteiger partial charge >= 0.3 is 0 Å². The molecule has 1 aliphatic carbocycles. The van der Waals surface area contributed by atoms with Crippen LogP contribution in [0.25, 0.3) is 0 Å². The molecule has 1 amide bonds. The summed E-state index contributed by atoms with van der Waals surface area (Å²) in [7, 11) is 2.19. The van der Waals surface area contributed by atoms with Gasteiger partial charge in [0.15, 0.2) is 0 Å². The van der Waals surface area contributed by atoms with Crippen LogP contribution in [0, 0.1) is 0 Å². The fourth-order valence-electron chi connectivity index (χ4n) is 4.20. The molecule has 4 rings (SSSR count). The average Bonchev–Trinajstić information content (AvgIpc) is 2.72. The molecule has 1 atom stereocenters. The van der Waals surface area contributed by atoms with Crippen LogP contribution in [0.4, 0.5) is 0 Å². The Hall–Kier alpha value is -2.24. The van der Waals surface area contributed by atoms with E-state index in [-0.39, 0.29) is 5.91 Å². The van der Waals surface area contributed by atoms with Crippen LogP contribution in [0.1, 0.15) is 46.1 Å².